The molecule has 0 radical (unpaired) electrons. The smallest absolute Gasteiger partial charge is 0.163 e. The van der Waals surface area contributed by atoms with Gasteiger partial charge in [-0.1, -0.05) is 98.6 Å². The van der Waals surface area contributed by atoms with Crippen molar-refractivity contribution in [3.63, 3.8) is 0 Å². The molecule has 1 unspecified atom stereocenters. The lowest BCUT2D eigenvalue weighted by molar-refractivity contribution is 0.0250. The highest BCUT2D eigenvalue weighted by Crippen LogP contribution is 2.48. The van der Waals surface area contributed by atoms with Crippen LogP contribution >= 0.6 is 31.9 Å². The first-order valence-corrected chi connectivity index (χ1v) is 12.8. The largest absolute Gasteiger partial charge is 0.369 e. The second-order valence-corrected chi connectivity index (χ2v) is 10.2. The Morgan fingerprint density at radius 2 is 1.39 bits per heavy atom. The number of ether oxygens (including phenoxy) is 1. The maximum Gasteiger partial charge on any atom is 0.163 e. The molecule has 0 aromatic heterocycles. The zero-order valence-electron chi connectivity index (χ0n) is 18.4. The van der Waals surface area contributed by atoms with E-state index in [1.807, 2.05) is 25.3 Å². The molecule has 2 nitrogen and oxygen atoms in total. The van der Waals surface area contributed by atoms with Gasteiger partial charge in [0.05, 0.1) is 0 Å². The van der Waals surface area contributed by atoms with Crippen molar-refractivity contribution >= 4 is 48.4 Å². The Morgan fingerprint density at radius 1 is 0.727 bits per heavy atom. The summed E-state index contributed by atoms with van der Waals surface area (Å²) in [6.45, 7) is 0. The fraction of sp³-hybridized carbons (Fsp3) is 0.207. The molecule has 2 aliphatic rings. The van der Waals surface area contributed by atoms with Gasteiger partial charge in [0.2, 0.25) is 0 Å². The summed E-state index contributed by atoms with van der Waals surface area (Å²) in [4.78, 5) is 11.2. The number of halogens is 2. The molecule has 0 saturated heterocycles. The Bertz CT molecular complexity index is 1360. The Balaban J connectivity index is 0.000000174. The van der Waals surface area contributed by atoms with Crippen molar-refractivity contribution in [2.75, 3.05) is 7.11 Å². The number of hydrogen-bond acceptors (Lipinski definition) is 2. The van der Waals surface area contributed by atoms with Crippen molar-refractivity contribution in [1.82, 2.24) is 0 Å². The van der Waals surface area contributed by atoms with E-state index in [0.717, 1.165) is 29.3 Å². The number of Topliss-reactive ketones (excluding diaryl/α,β-unsaturated/α-hetero) is 1. The minimum Gasteiger partial charge on any atom is -0.369 e. The normalized spacial score (nSPS) is 18.6. The molecule has 166 valence electrons. The quantitative estimate of drug-likeness (QED) is 0.247. The van der Waals surface area contributed by atoms with E-state index in [4.69, 9.17) is 4.74 Å². The number of rotatable bonds is 2. The molecule has 33 heavy (non-hydrogen) atoms. The number of methoxy groups -OCH3 is 1. The molecule has 0 fully saturated rings. The second kappa shape index (κ2) is 9.17. The number of carbonyl (C=O) groups excluding carboxylic acids is 1. The van der Waals surface area contributed by atoms with Crippen LogP contribution < -0.4 is 0 Å². The second-order valence-electron chi connectivity index (χ2n) is 8.51. The summed E-state index contributed by atoms with van der Waals surface area (Å²) in [6.07, 6.45) is 3.59. The van der Waals surface area contributed by atoms with Crippen LogP contribution in [0.25, 0.3) is 10.8 Å². The fourth-order valence-corrected chi connectivity index (χ4v) is 6.38. The molecule has 0 spiro atoms. The number of fused-ring (bicyclic) bond motifs is 3. The molecule has 0 heterocycles. The highest BCUT2D eigenvalue weighted by molar-refractivity contribution is 9.10. The molecule has 0 amide bonds. The topological polar surface area (TPSA) is 26.3 Å². The van der Waals surface area contributed by atoms with E-state index in [-0.39, 0.29) is 11.4 Å². The van der Waals surface area contributed by atoms with Gasteiger partial charge in [0, 0.05) is 28.0 Å². The summed E-state index contributed by atoms with van der Waals surface area (Å²) in [6, 6.07) is 27.3. The van der Waals surface area contributed by atoms with Crippen LogP contribution in [0.4, 0.5) is 0 Å². The molecule has 0 bridgehead atoms. The highest BCUT2D eigenvalue weighted by Gasteiger charge is 2.42. The van der Waals surface area contributed by atoms with Crippen molar-refractivity contribution in [2.45, 2.75) is 31.3 Å². The Hall–Kier alpha value is -2.27. The predicted octanol–water partition coefficient (Wildman–Crippen LogP) is 8.02. The minimum atomic E-state index is -0.347. The van der Waals surface area contributed by atoms with E-state index in [9.17, 15) is 4.79 Å². The molecule has 2 aliphatic carbocycles. The van der Waals surface area contributed by atoms with Gasteiger partial charge in [-0.2, -0.15) is 0 Å². The van der Waals surface area contributed by atoms with Gasteiger partial charge in [-0.05, 0) is 64.4 Å². The average molecular weight is 564 g/mol. The summed E-state index contributed by atoms with van der Waals surface area (Å²) >= 11 is 7.12. The monoisotopic (exact) mass is 562 g/mol. The Morgan fingerprint density at radius 3 is 2.18 bits per heavy atom. The SMILES string of the molecule is COC1(c2cccc3ccccc23)CCc2c(Br)cccc21.O=C1CCc2c(Br)cccc21. The number of carbonyl (C=O) groups is 1. The van der Waals surface area contributed by atoms with Crippen molar-refractivity contribution < 1.29 is 9.53 Å². The molecule has 4 aromatic carbocycles. The minimum absolute atomic E-state index is 0.279. The van der Waals surface area contributed by atoms with Gasteiger partial charge in [-0.15, -0.1) is 0 Å². The third kappa shape index (κ3) is 3.88. The third-order valence-electron chi connectivity index (χ3n) is 6.88. The third-order valence-corrected chi connectivity index (χ3v) is 8.36. The van der Waals surface area contributed by atoms with Crippen LogP contribution in [0, 0.1) is 0 Å². The van der Waals surface area contributed by atoms with Gasteiger partial charge >= 0.3 is 0 Å². The molecule has 0 aliphatic heterocycles. The summed E-state index contributed by atoms with van der Waals surface area (Å²) < 4.78 is 8.41. The zero-order valence-corrected chi connectivity index (χ0v) is 21.6. The molecule has 4 aromatic rings. The van der Waals surface area contributed by atoms with Crippen molar-refractivity contribution in [2.24, 2.45) is 0 Å². The van der Waals surface area contributed by atoms with Crippen LogP contribution in [0.1, 0.15) is 45.5 Å². The molecular formula is C29H24Br2O2. The van der Waals surface area contributed by atoms with E-state index >= 15 is 0 Å². The summed E-state index contributed by atoms with van der Waals surface area (Å²) in [5.41, 5.74) is 5.67. The lowest BCUT2D eigenvalue weighted by Crippen LogP contribution is -2.27. The number of benzene rings is 4. The summed E-state index contributed by atoms with van der Waals surface area (Å²) in [7, 11) is 1.83. The highest BCUT2D eigenvalue weighted by atomic mass is 79.9. The first kappa shape index (κ1) is 22.5. The van der Waals surface area contributed by atoms with Crippen molar-refractivity contribution in [3.05, 3.63) is 116 Å². The Labute approximate surface area is 211 Å². The summed E-state index contributed by atoms with van der Waals surface area (Å²) in [5, 5.41) is 2.54. The van der Waals surface area contributed by atoms with Crippen molar-refractivity contribution in [3.8, 4) is 0 Å². The first-order valence-electron chi connectivity index (χ1n) is 11.2. The van der Waals surface area contributed by atoms with Crippen LogP contribution in [0.3, 0.4) is 0 Å². The standard InChI is InChI=1S/C20H17BrO.C9H7BrO/c1-22-20(13-12-16-18(20)10-5-11-19(16)21)17-9-4-7-14-6-2-3-8-15(14)17;10-8-3-1-2-7-6(8)4-5-9(7)11/h2-11H,12-13H2,1H3;1-3H,4-5H2. The molecule has 0 saturated carbocycles. The number of ketones is 1. The lowest BCUT2D eigenvalue weighted by atomic mass is 9.84. The van der Waals surface area contributed by atoms with E-state index in [1.165, 1.54) is 37.5 Å². The van der Waals surface area contributed by atoms with Crippen LogP contribution in [-0.2, 0) is 23.2 Å². The zero-order chi connectivity index (χ0) is 23.0. The van der Waals surface area contributed by atoms with E-state index < -0.39 is 0 Å². The van der Waals surface area contributed by atoms with Gasteiger partial charge in [-0.25, -0.2) is 0 Å². The maximum absolute atomic E-state index is 11.2. The lowest BCUT2D eigenvalue weighted by Gasteiger charge is -2.31. The van der Waals surface area contributed by atoms with Crippen LogP contribution in [0.2, 0.25) is 0 Å². The van der Waals surface area contributed by atoms with E-state index in [2.05, 4.69) is 92.5 Å². The van der Waals surface area contributed by atoms with Crippen LogP contribution in [0.15, 0.2) is 87.8 Å². The predicted molar refractivity (Wildman–Crippen MR) is 141 cm³/mol. The van der Waals surface area contributed by atoms with Gasteiger partial charge in [-0.3, -0.25) is 4.79 Å². The van der Waals surface area contributed by atoms with Gasteiger partial charge < -0.3 is 4.74 Å². The van der Waals surface area contributed by atoms with Gasteiger partial charge in [0.25, 0.3) is 0 Å². The van der Waals surface area contributed by atoms with E-state index in [0.29, 0.717) is 6.42 Å². The molecule has 4 heteroatoms. The molecule has 1 atom stereocenters. The molecule has 6 rings (SSSR count). The maximum atomic E-state index is 11.2. The van der Waals surface area contributed by atoms with E-state index in [1.54, 1.807) is 0 Å². The van der Waals surface area contributed by atoms with Crippen LogP contribution in [0.5, 0.6) is 0 Å². The fourth-order valence-electron chi connectivity index (χ4n) is 5.25. The van der Waals surface area contributed by atoms with Gasteiger partial charge in [0.1, 0.15) is 5.60 Å². The Kier molecular flexibility index (Phi) is 6.26. The van der Waals surface area contributed by atoms with Gasteiger partial charge in [0.15, 0.2) is 5.78 Å². The summed E-state index contributed by atoms with van der Waals surface area (Å²) in [5.74, 6) is 0.279. The first-order chi connectivity index (χ1) is 16.0. The molecular weight excluding hydrogens is 540 g/mol. The number of hydrogen-bond donors (Lipinski definition) is 0. The molecule has 0 N–H and O–H groups in total. The average Bonchev–Trinajstić information content (AvgIpc) is 3.42. The van der Waals surface area contributed by atoms with Crippen molar-refractivity contribution in [1.29, 1.82) is 0 Å². The van der Waals surface area contributed by atoms with Crippen LogP contribution in [-0.4, -0.2) is 12.9 Å².